The van der Waals surface area contributed by atoms with Crippen LogP contribution in [-0.4, -0.2) is 18.5 Å². The Labute approximate surface area is 134 Å². The smallest absolute Gasteiger partial charge is 0.0236 e. The average molecular weight is 291 g/mol. The minimum atomic E-state index is 0.985. The van der Waals surface area contributed by atoms with Gasteiger partial charge in [-0.2, -0.15) is 0 Å². The second-order valence-corrected chi connectivity index (χ2v) is 6.27. The van der Waals surface area contributed by atoms with Gasteiger partial charge in [0.1, 0.15) is 0 Å². The lowest BCUT2D eigenvalue weighted by molar-refractivity contribution is 0.362. The molecule has 0 saturated heterocycles. The fourth-order valence-electron chi connectivity index (χ4n) is 3.30. The quantitative estimate of drug-likeness (QED) is 0.771. The molecule has 0 aliphatic heterocycles. The molecule has 0 aromatic heterocycles. The van der Waals surface area contributed by atoms with Crippen molar-refractivity contribution in [3.8, 4) is 0 Å². The van der Waals surface area contributed by atoms with E-state index in [1.165, 1.54) is 36.8 Å². The summed E-state index contributed by atoms with van der Waals surface area (Å²) >= 11 is 0. The highest BCUT2D eigenvalue weighted by Gasteiger charge is 2.13. The van der Waals surface area contributed by atoms with Crippen molar-refractivity contribution in [1.82, 2.24) is 4.90 Å². The molecule has 1 nitrogen and oxygen atoms in total. The largest absolute Gasteiger partial charge is 0.298 e. The number of fused-ring (bicyclic) bond motifs is 1. The zero-order valence-corrected chi connectivity index (χ0v) is 13.5. The highest BCUT2D eigenvalue weighted by Crippen LogP contribution is 2.25. The van der Waals surface area contributed by atoms with E-state index in [0.29, 0.717) is 0 Å². The molecule has 0 radical (unpaired) electrons. The Morgan fingerprint density at radius 2 is 1.77 bits per heavy atom. The molecule has 0 saturated carbocycles. The molecule has 0 spiro atoms. The summed E-state index contributed by atoms with van der Waals surface area (Å²) in [6.45, 7) is 2.03. The molecular weight excluding hydrogens is 266 g/mol. The summed E-state index contributed by atoms with van der Waals surface area (Å²) < 4.78 is 0. The third kappa shape index (κ3) is 3.86. The van der Waals surface area contributed by atoms with Crippen molar-refractivity contribution < 1.29 is 0 Å². The van der Waals surface area contributed by atoms with Gasteiger partial charge in [0.2, 0.25) is 0 Å². The molecule has 2 aromatic rings. The van der Waals surface area contributed by atoms with Gasteiger partial charge >= 0.3 is 0 Å². The van der Waals surface area contributed by atoms with E-state index in [1.54, 1.807) is 11.1 Å². The molecule has 0 bridgehead atoms. The SMILES string of the molecule is CN(CC=Cc1ccccc1)Cc1cccc2c1CCCC2. The molecule has 1 aliphatic carbocycles. The lowest BCUT2D eigenvalue weighted by Crippen LogP contribution is -2.19. The van der Waals surface area contributed by atoms with Crippen molar-refractivity contribution in [3.05, 3.63) is 76.9 Å². The zero-order chi connectivity index (χ0) is 15.2. The van der Waals surface area contributed by atoms with E-state index in [1.807, 2.05) is 0 Å². The Morgan fingerprint density at radius 3 is 2.64 bits per heavy atom. The van der Waals surface area contributed by atoms with Gasteiger partial charge in [-0.15, -0.1) is 0 Å². The first-order chi connectivity index (χ1) is 10.8. The lowest BCUT2D eigenvalue weighted by atomic mass is 9.88. The Balaban J connectivity index is 1.60. The zero-order valence-electron chi connectivity index (χ0n) is 13.5. The summed E-state index contributed by atoms with van der Waals surface area (Å²) in [5.41, 5.74) is 5.99. The lowest BCUT2D eigenvalue weighted by Gasteiger charge is -2.22. The second kappa shape index (κ2) is 7.42. The van der Waals surface area contributed by atoms with Crippen molar-refractivity contribution in [2.45, 2.75) is 32.2 Å². The minimum Gasteiger partial charge on any atom is -0.298 e. The average Bonchev–Trinajstić information content (AvgIpc) is 2.56. The van der Waals surface area contributed by atoms with E-state index in [-0.39, 0.29) is 0 Å². The van der Waals surface area contributed by atoms with Gasteiger partial charge in [0.05, 0.1) is 0 Å². The van der Waals surface area contributed by atoms with Crippen LogP contribution < -0.4 is 0 Å². The number of likely N-dealkylation sites (N-methyl/N-ethyl adjacent to an activating group) is 1. The van der Waals surface area contributed by atoms with E-state index in [9.17, 15) is 0 Å². The highest BCUT2D eigenvalue weighted by atomic mass is 15.1. The molecule has 0 atom stereocenters. The molecule has 1 heteroatoms. The van der Waals surface area contributed by atoms with Crippen LogP contribution in [0.2, 0.25) is 0 Å². The van der Waals surface area contributed by atoms with Gasteiger partial charge < -0.3 is 0 Å². The summed E-state index contributed by atoms with van der Waals surface area (Å²) in [7, 11) is 2.21. The Hall–Kier alpha value is -1.86. The normalized spacial score (nSPS) is 14.5. The van der Waals surface area contributed by atoms with Crippen LogP contribution >= 0.6 is 0 Å². The number of benzene rings is 2. The highest BCUT2D eigenvalue weighted by molar-refractivity contribution is 5.48. The first-order valence-electron chi connectivity index (χ1n) is 8.33. The minimum absolute atomic E-state index is 0.985. The standard InChI is InChI=1S/C21H25N/c1-22(16-8-11-18-9-3-2-4-10-18)17-20-14-7-13-19-12-5-6-15-21(19)20/h2-4,7-11,13-14H,5-6,12,15-17H2,1H3. The van der Waals surface area contributed by atoms with Gasteiger partial charge in [-0.1, -0.05) is 60.7 Å². The van der Waals surface area contributed by atoms with Crippen molar-refractivity contribution in [1.29, 1.82) is 0 Å². The maximum absolute atomic E-state index is 2.39. The van der Waals surface area contributed by atoms with Gasteiger partial charge in [-0.3, -0.25) is 4.90 Å². The van der Waals surface area contributed by atoms with Crippen LogP contribution in [0.5, 0.6) is 0 Å². The van der Waals surface area contributed by atoms with E-state index >= 15 is 0 Å². The van der Waals surface area contributed by atoms with E-state index < -0.39 is 0 Å². The third-order valence-electron chi connectivity index (χ3n) is 4.46. The summed E-state index contributed by atoms with van der Waals surface area (Å²) in [5.74, 6) is 0. The molecule has 22 heavy (non-hydrogen) atoms. The van der Waals surface area contributed by atoms with Crippen LogP contribution in [0.1, 0.15) is 35.1 Å². The number of aryl methyl sites for hydroxylation is 1. The molecule has 3 rings (SSSR count). The van der Waals surface area contributed by atoms with E-state index in [0.717, 1.165) is 13.1 Å². The van der Waals surface area contributed by atoms with Gasteiger partial charge in [0.15, 0.2) is 0 Å². The van der Waals surface area contributed by atoms with Crippen molar-refractivity contribution in [2.24, 2.45) is 0 Å². The van der Waals surface area contributed by atoms with Crippen LogP contribution in [0.3, 0.4) is 0 Å². The fraction of sp³-hybridized carbons (Fsp3) is 0.333. The monoisotopic (exact) mass is 291 g/mol. The topological polar surface area (TPSA) is 3.24 Å². The Bertz CT molecular complexity index is 628. The van der Waals surface area contributed by atoms with Crippen molar-refractivity contribution in [2.75, 3.05) is 13.6 Å². The maximum Gasteiger partial charge on any atom is 0.0236 e. The van der Waals surface area contributed by atoms with Gasteiger partial charge in [0, 0.05) is 13.1 Å². The summed E-state index contributed by atoms with van der Waals surface area (Å²) in [5, 5.41) is 0. The first-order valence-corrected chi connectivity index (χ1v) is 8.33. The number of rotatable bonds is 5. The van der Waals surface area contributed by atoms with E-state index in [2.05, 4.69) is 72.6 Å². The van der Waals surface area contributed by atoms with Gasteiger partial charge in [0.25, 0.3) is 0 Å². The summed E-state index contributed by atoms with van der Waals surface area (Å²) in [4.78, 5) is 2.39. The summed E-state index contributed by atoms with van der Waals surface area (Å²) in [6.07, 6.45) is 9.69. The van der Waals surface area contributed by atoms with Gasteiger partial charge in [-0.05, 0) is 55.0 Å². The van der Waals surface area contributed by atoms with Crippen molar-refractivity contribution >= 4 is 6.08 Å². The maximum atomic E-state index is 2.39. The predicted molar refractivity (Wildman–Crippen MR) is 94.9 cm³/mol. The van der Waals surface area contributed by atoms with E-state index in [4.69, 9.17) is 0 Å². The van der Waals surface area contributed by atoms with Crippen LogP contribution in [0.4, 0.5) is 0 Å². The van der Waals surface area contributed by atoms with Crippen LogP contribution in [0.25, 0.3) is 6.08 Å². The molecule has 0 unspecified atom stereocenters. The molecule has 0 amide bonds. The number of hydrogen-bond acceptors (Lipinski definition) is 1. The molecule has 0 heterocycles. The Morgan fingerprint density at radius 1 is 0.955 bits per heavy atom. The van der Waals surface area contributed by atoms with Gasteiger partial charge in [-0.25, -0.2) is 0 Å². The number of hydrogen-bond donors (Lipinski definition) is 0. The van der Waals surface area contributed by atoms with Crippen molar-refractivity contribution in [3.63, 3.8) is 0 Å². The molecular formula is C21H25N. The Kier molecular flexibility index (Phi) is 5.07. The molecule has 1 aliphatic rings. The second-order valence-electron chi connectivity index (χ2n) is 6.27. The fourth-order valence-corrected chi connectivity index (χ4v) is 3.30. The first kappa shape index (κ1) is 15.1. The molecule has 0 fully saturated rings. The molecule has 2 aromatic carbocycles. The number of nitrogens with zero attached hydrogens (tertiary/aromatic N) is 1. The summed E-state index contributed by atoms with van der Waals surface area (Å²) in [6, 6.07) is 17.4. The van der Waals surface area contributed by atoms with Crippen LogP contribution in [-0.2, 0) is 19.4 Å². The van der Waals surface area contributed by atoms with Crippen LogP contribution in [0, 0.1) is 0 Å². The van der Waals surface area contributed by atoms with Crippen LogP contribution in [0.15, 0.2) is 54.6 Å². The molecule has 114 valence electrons. The molecule has 0 N–H and O–H groups in total. The third-order valence-corrected chi connectivity index (χ3v) is 4.46. The predicted octanol–water partition coefficient (Wildman–Crippen LogP) is 4.71.